The minimum atomic E-state index is -0.988. The van der Waals surface area contributed by atoms with Gasteiger partial charge in [-0.05, 0) is 52.3 Å². The second-order valence-electron chi connectivity index (χ2n) is 7.54. The van der Waals surface area contributed by atoms with Gasteiger partial charge in [0.25, 0.3) is 0 Å². The fourth-order valence-corrected chi connectivity index (χ4v) is 3.57. The summed E-state index contributed by atoms with van der Waals surface area (Å²) in [5.74, 6) is 6.23. The van der Waals surface area contributed by atoms with Gasteiger partial charge >= 0.3 is 7.12 Å². The van der Waals surface area contributed by atoms with Gasteiger partial charge in [0.15, 0.2) is 0 Å². The van der Waals surface area contributed by atoms with E-state index in [4.69, 9.17) is 9.31 Å². The summed E-state index contributed by atoms with van der Waals surface area (Å²) in [5, 5.41) is 0. The fourth-order valence-electron chi connectivity index (χ4n) is 2.75. The van der Waals surface area contributed by atoms with E-state index in [0.29, 0.717) is 13.0 Å². The van der Waals surface area contributed by atoms with E-state index in [1.165, 1.54) is 17.4 Å². The summed E-state index contributed by atoms with van der Waals surface area (Å²) in [7, 11) is -0.988. The summed E-state index contributed by atoms with van der Waals surface area (Å²) in [5.41, 5.74) is -1.59. The topological polar surface area (TPSA) is 38.8 Å². The average Bonchev–Trinajstić information content (AvgIpc) is 3.20. The second-order valence-corrected chi connectivity index (χ2v) is 8.66. The lowest BCUT2D eigenvalue weighted by Gasteiger charge is -2.32. The van der Waals surface area contributed by atoms with E-state index in [1.807, 2.05) is 39.8 Å². The first kappa shape index (κ1) is 19.2. The Kier molecular flexibility index (Phi) is 5.29. The summed E-state index contributed by atoms with van der Waals surface area (Å²) in [6, 6.07) is 3.67. The lowest BCUT2D eigenvalue weighted by molar-refractivity contribution is -0.127. The molecule has 0 bridgehead atoms. The van der Waals surface area contributed by atoms with Crippen LogP contribution in [0.5, 0.6) is 0 Å². The van der Waals surface area contributed by atoms with E-state index in [2.05, 4.69) is 11.8 Å². The predicted octanol–water partition coefficient (Wildman–Crippen LogP) is 3.66. The molecule has 26 heavy (non-hydrogen) atoms. The number of carbonyl (C=O) groups excluding carboxylic acids is 1. The Morgan fingerprint density at radius 1 is 1.35 bits per heavy atom. The average molecular weight is 375 g/mol. The van der Waals surface area contributed by atoms with Crippen LogP contribution >= 0.6 is 11.3 Å². The predicted molar refractivity (Wildman–Crippen MR) is 102 cm³/mol. The van der Waals surface area contributed by atoms with Crippen molar-refractivity contribution >= 4 is 30.4 Å². The molecular formula is C19H23BFNO3S. The molecule has 0 aromatic carbocycles. The number of hydrogen-bond acceptors (Lipinski definition) is 4. The Bertz CT molecular complexity index is 774. The first-order valence-corrected chi connectivity index (χ1v) is 9.59. The molecule has 0 unspecified atom stereocenters. The van der Waals surface area contributed by atoms with Crippen molar-refractivity contribution in [3.05, 3.63) is 27.6 Å². The molecule has 0 atom stereocenters. The molecule has 4 nitrogen and oxygen atoms in total. The molecule has 1 aromatic heterocycles. The number of thiophene rings is 1. The number of nitrogens with zero attached hydrogens (tertiary/aromatic N) is 1. The zero-order valence-electron chi connectivity index (χ0n) is 15.6. The van der Waals surface area contributed by atoms with E-state index in [9.17, 15) is 9.18 Å². The molecule has 3 heterocycles. The molecule has 0 N–H and O–H groups in total. The lowest BCUT2D eigenvalue weighted by atomic mass is 9.87. The molecule has 3 rings (SSSR count). The molecule has 7 heteroatoms. The number of hydrogen-bond donors (Lipinski definition) is 0. The maximum absolute atomic E-state index is 14.5. The van der Waals surface area contributed by atoms with Crippen LogP contribution in [0.2, 0.25) is 0 Å². The Hall–Kier alpha value is -1.62. The minimum absolute atomic E-state index is 0.165. The number of likely N-dealkylation sites (tertiary alicyclic amines) is 1. The molecule has 2 saturated heterocycles. The van der Waals surface area contributed by atoms with Crippen LogP contribution in [-0.2, 0) is 14.1 Å². The van der Waals surface area contributed by atoms with Crippen LogP contribution in [0.3, 0.4) is 0 Å². The van der Waals surface area contributed by atoms with Gasteiger partial charge in [-0.25, -0.2) is 4.39 Å². The van der Waals surface area contributed by atoms with E-state index in [1.54, 1.807) is 4.90 Å². The number of amides is 1. The highest BCUT2D eigenvalue weighted by atomic mass is 32.1. The van der Waals surface area contributed by atoms with Gasteiger partial charge < -0.3 is 14.2 Å². The highest BCUT2D eigenvalue weighted by Gasteiger charge is 2.53. The van der Waals surface area contributed by atoms with Gasteiger partial charge in [-0.15, -0.1) is 11.3 Å². The van der Waals surface area contributed by atoms with Crippen LogP contribution in [-0.4, -0.2) is 42.2 Å². The summed E-state index contributed by atoms with van der Waals surface area (Å²) < 4.78 is 25.9. The van der Waals surface area contributed by atoms with Crippen molar-refractivity contribution in [3.8, 4) is 11.8 Å². The van der Waals surface area contributed by atoms with Gasteiger partial charge in [-0.3, -0.25) is 4.79 Å². The monoisotopic (exact) mass is 375 g/mol. The van der Waals surface area contributed by atoms with Crippen LogP contribution in [0.25, 0.3) is 6.08 Å². The smallest absolute Gasteiger partial charge is 0.398 e. The zero-order chi connectivity index (χ0) is 18.9. The number of halogens is 1. The quantitative estimate of drug-likeness (QED) is 0.598. The van der Waals surface area contributed by atoms with Crippen LogP contribution in [0.4, 0.5) is 4.39 Å². The third-order valence-electron chi connectivity index (χ3n) is 5.04. The maximum atomic E-state index is 14.5. The van der Waals surface area contributed by atoms with Gasteiger partial charge in [0.1, 0.15) is 5.73 Å². The molecule has 2 aliphatic rings. The van der Waals surface area contributed by atoms with Crippen molar-refractivity contribution in [3.63, 3.8) is 0 Å². The number of carbonyl (C=O) groups is 1. The first-order valence-electron chi connectivity index (χ1n) is 8.77. The molecule has 2 aliphatic heterocycles. The van der Waals surface area contributed by atoms with Gasteiger partial charge in [0.05, 0.1) is 22.6 Å². The van der Waals surface area contributed by atoms with Crippen LogP contribution in [0.15, 0.2) is 17.9 Å². The van der Waals surface area contributed by atoms with Gasteiger partial charge in [-0.1, -0.05) is 11.8 Å². The zero-order valence-corrected chi connectivity index (χ0v) is 16.4. The summed E-state index contributed by atoms with van der Waals surface area (Å²) in [6.07, 6.45) is 2.96. The summed E-state index contributed by atoms with van der Waals surface area (Å²) >= 11 is 1.40. The van der Waals surface area contributed by atoms with Crippen LogP contribution in [0, 0.1) is 11.8 Å². The van der Waals surface area contributed by atoms with Crippen molar-refractivity contribution in [1.82, 2.24) is 4.90 Å². The third-order valence-corrected chi connectivity index (χ3v) is 5.99. The van der Waals surface area contributed by atoms with Gasteiger partial charge in [0, 0.05) is 17.8 Å². The molecule has 1 amide bonds. The van der Waals surface area contributed by atoms with Crippen molar-refractivity contribution < 1.29 is 18.5 Å². The third kappa shape index (κ3) is 4.03. The molecule has 0 aliphatic carbocycles. The van der Waals surface area contributed by atoms with Gasteiger partial charge in [0.2, 0.25) is 5.91 Å². The van der Waals surface area contributed by atoms with Crippen molar-refractivity contribution in [2.75, 3.05) is 13.1 Å². The van der Waals surface area contributed by atoms with E-state index >= 15 is 0 Å². The molecule has 0 radical (unpaired) electrons. The van der Waals surface area contributed by atoms with Crippen LogP contribution in [0.1, 0.15) is 50.3 Å². The van der Waals surface area contributed by atoms with Crippen molar-refractivity contribution in [2.45, 2.75) is 51.7 Å². The molecular weight excluding hydrogens is 352 g/mol. The maximum Gasteiger partial charge on any atom is 0.525 e. The van der Waals surface area contributed by atoms with Crippen molar-refractivity contribution in [2.24, 2.45) is 0 Å². The van der Waals surface area contributed by atoms with Gasteiger partial charge in [-0.2, -0.15) is 0 Å². The molecule has 0 saturated carbocycles. The van der Waals surface area contributed by atoms with Crippen LogP contribution < -0.4 is 0 Å². The summed E-state index contributed by atoms with van der Waals surface area (Å²) in [4.78, 5) is 14.9. The fraction of sp³-hybridized carbons (Fsp3) is 0.526. The lowest BCUT2D eigenvalue weighted by Crippen LogP contribution is -2.41. The molecule has 0 spiro atoms. The SMILES string of the molecule is CC1(C)OB(C(F)=Cc2ccc(C#CCN3CCCC3=O)s2)OC1(C)C. The second kappa shape index (κ2) is 7.18. The Labute approximate surface area is 158 Å². The van der Waals surface area contributed by atoms with E-state index in [-0.39, 0.29) is 5.91 Å². The molecule has 1 aromatic rings. The number of rotatable bonds is 3. The first-order chi connectivity index (χ1) is 12.2. The standard InChI is InChI=1S/C19H23BFNO3S/c1-18(2)19(3,4)25-20(24-18)16(21)13-15-10-9-14(26-15)7-5-11-22-12-6-8-17(22)23/h9-10,13H,6,8,11-12H2,1-4H3. The Balaban J connectivity index is 1.63. The molecule has 2 fully saturated rings. The normalized spacial score (nSPS) is 21.9. The van der Waals surface area contributed by atoms with E-state index in [0.717, 1.165) is 22.7 Å². The highest BCUT2D eigenvalue weighted by molar-refractivity contribution is 7.13. The Morgan fingerprint density at radius 2 is 2.04 bits per heavy atom. The van der Waals surface area contributed by atoms with Crippen molar-refractivity contribution in [1.29, 1.82) is 0 Å². The highest BCUT2D eigenvalue weighted by Crippen LogP contribution is 2.39. The Morgan fingerprint density at radius 3 is 2.65 bits per heavy atom. The molecule has 138 valence electrons. The van der Waals surface area contributed by atoms with E-state index < -0.39 is 24.0 Å². The minimum Gasteiger partial charge on any atom is -0.398 e. The summed E-state index contributed by atoms with van der Waals surface area (Å²) in [6.45, 7) is 8.80. The largest absolute Gasteiger partial charge is 0.525 e.